The first-order chi connectivity index (χ1) is 13.5. The molecule has 1 heterocycles. The number of nitrogens with zero attached hydrogens (tertiary/aromatic N) is 2. The maximum absolute atomic E-state index is 13.7. The molecule has 0 aliphatic rings. The van der Waals surface area contributed by atoms with Gasteiger partial charge in [-0.3, -0.25) is 4.79 Å². The van der Waals surface area contributed by atoms with Crippen molar-refractivity contribution in [3.63, 3.8) is 0 Å². The normalized spacial score (nSPS) is 10.3. The molecule has 2 N–H and O–H groups in total. The molecule has 0 radical (unpaired) electrons. The van der Waals surface area contributed by atoms with Crippen molar-refractivity contribution in [2.24, 2.45) is 0 Å². The number of hydrogen-bond acceptors (Lipinski definition) is 6. The van der Waals surface area contributed by atoms with Crippen molar-refractivity contribution >= 4 is 23.1 Å². The van der Waals surface area contributed by atoms with Crippen LogP contribution < -0.4 is 20.1 Å². The van der Waals surface area contributed by atoms with E-state index in [1.54, 1.807) is 18.2 Å². The predicted octanol–water partition coefficient (Wildman–Crippen LogP) is 3.77. The van der Waals surface area contributed by atoms with Gasteiger partial charge in [0, 0.05) is 6.07 Å². The smallest absolute Gasteiger partial charge is 0.275 e. The molecular weight excluding hydrogens is 370 g/mol. The Morgan fingerprint density at radius 2 is 1.75 bits per heavy atom. The summed E-state index contributed by atoms with van der Waals surface area (Å²) in [5.41, 5.74) is 0.0835. The third-order valence-electron chi connectivity index (χ3n) is 3.76. The summed E-state index contributed by atoms with van der Waals surface area (Å²) in [6.45, 7) is 0. The van der Waals surface area contributed by atoms with Crippen molar-refractivity contribution in [2.75, 3.05) is 24.9 Å². The van der Waals surface area contributed by atoms with E-state index in [2.05, 4.69) is 20.6 Å². The maximum atomic E-state index is 13.7. The van der Waals surface area contributed by atoms with Crippen molar-refractivity contribution in [1.82, 2.24) is 9.97 Å². The van der Waals surface area contributed by atoms with Crippen LogP contribution in [0.3, 0.4) is 0 Å². The van der Waals surface area contributed by atoms with Crippen LogP contribution in [0.1, 0.15) is 10.5 Å². The van der Waals surface area contributed by atoms with Gasteiger partial charge in [-0.1, -0.05) is 6.07 Å². The Balaban J connectivity index is 1.74. The highest BCUT2D eigenvalue weighted by Gasteiger charge is 2.14. The topological polar surface area (TPSA) is 85.4 Å². The van der Waals surface area contributed by atoms with E-state index in [1.807, 2.05) is 0 Å². The first kappa shape index (κ1) is 19.0. The molecule has 9 heteroatoms. The molecule has 0 aliphatic carbocycles. The molecule has 7 nitrogen and oxygen atoms in total. The van der Waals surface area contributed by atoms with E-state index in [0.29, 0.717) is 17.2 Å². The molecule has 144 valence electrons. The summed E-state index contributed by atoms with van der Waals surface area (Å²) < 4.78 is 37.7. The van der Waals surface area contributed by atoms with E-state index < -0.39 is 17.5 Å². The number of methoxy groups -OCH3 is 2. The highest BCUT2D eigenvalue weighted by molar-refractivity contribution is 6.03. The second kappa shape index (κ2) is 8.30. The minimum Gasteiger partial charge on any atom is -0.497 e. The van der Waals surface area contributed by atoms with Gasteiger partial charge in [-0.25, -0.2) is 18.7 Å². The lowest BCUT2D eigenvalue weighted by Gasteiger charge is -2.11. The number of carbonyl (C=O) groups is 1. The van der Waals surface area contributed by atoms with Crippen molar-refractivity contribution in [2.45, 2.75) is 0 Å². The van der Waals surface area contributed by atoms with Crippen LogP contribution in [0, 0.1) is 11.6 Å². The molecule has 0 spiro atoms. The number of carbonyl (C=O) groups excluding carboxylic acids is 1. The Kier molecular flexibility index (Phi) is 5.64. The summed E-state index contributed by atoms with van der Waals surface area (Å²) in [6, 6.07) is 8.39. The van der Waals surface area contributed by atoms with Crippen molar-refractivity contribution < 1.29 is 23.0 Å². The number of halogens is 2. The minimum absolute atomic E-state index is 0.0115. The van der Waals surface area contributed by atoms with Crippen LogP contribution >= 0.6 is 0 Å². The minimum atomic E-state index is -0.768. The highest BCUT2D eigenvalue weighted by atomic mass is 19.1. The summed E-state index contributed by atoms with van der Waals surface area (Å²) in [7, 11) is 2.98. The predicted molar refractivity (Wildman–Crippen MR) is 99.2 cm³/mol. The number of ether oxygens (including phenoxy) is 2. The number of rotatable bonds is 6. The Bertz CT molecular complexity index is 977. The molecule has 1 amide bonds. The highest BCUT2D eigenvalue weighted by Crippen LogP contribution is 2.29. The van der Waals surface area contributed by atoms with Crippen LogP contribution in [-0.4, -0.2) is 30.1 Å². The molecule has 2 aromatic carbocycles. The Labute approximate surface area is 159 Å². The van der Waals surface area contributed by atoms with E-state index in [-0.39, 0.29) is 17.2 Å². The van der Waals surface area contributed by atoms with Gasteiger partial charge in [0.1, 0.15) is 40.3 Å². The number of hydrogen-bond donors (Lipinski definition) is 2. The molecule has 3 rings (SSSR count). The van der Waals surface area contributed by atoms with Crippen LogP contribution in [-0.2, 0) is 0 Å². The Morgan fingerprint density at radius 1 is 1.00 bits per heavy atom. The summed E-state index contributed by atoms with van der Waals surface area (Å²) in [5.74, 6) is -0.993. The number of para-hydroxylation sites is 1. The Hall–Kier alpha value is -3.75. The first-order valence-corrected chi connectivity index (χ1v) is 8.08. The Morgan fingerprint density at radius 3 is 2.36 bits per heavy atom. The second-order valence-corrected chi connectivity index (χ2v) is 5.53. The summed E-state index contributed by atoms with van der Waals surface area (Å²) in [6.07, 6.45) is 2.39. The number of anilines is 3. The number of aromatic nitrogens is 2. The molecule has 0 bridgehead atoms. The summed E-state index contributed by atoms with van der Waals surface area (Å²) in [4.78, 5) is 20.3. The van der Waals surface area contributed by atoms with E-state index in [4.69, 9.17) is 9.47 Å². The molecule has 1 aromatic heterocycles. The fourth-order valence-corrected chi connectivity index (χ4v) is 2.34. The number of amides is 1. The van der Waals surface area contributed by atoms with Crippen LogP contribution in [0.25, 0.3) is 0 Å². The van der Waals surface area contributed by atoms with Crippen LogP contribution in [0.15, 0.2) is 48.8 Å². The van der Waals surface area contributed by atoms with Crippen molar-refractivity contribution in [3.8, 4) is 11.5 Å². The molecular formula is C19H16F2N4O3. The van der Waals surface area contributed by atoms with Crippen LogP contribution in [0.4, 0.5) is 26.0 Å². The second-order valence-electron chi connectivity index (χ2n) is 5.53. The summed E-state index contributed by atoms with van der Waals surface area (Å²) >= 11 is 0. The zero-order chi connectivity index (χ0) is 20.1. The van der Waals surface area contributed by atoms with Crippen LogP contribution in [0.2, 0.25) is 0 Å². The lowest BCUT2D eigenvalue weighted by atomic mass is 10.2. The molecule has 28 heavy (non-hydrogen) atoms. The van der Waals surface area contributed by atoms with Gasteiger partial charge in [0.25, 0.3) is 5.91 Å². The molecule has 0 fully saturated rings. The number of nitrogens with one attached hydrogen (secondary N) is 2. The lowest BCUT2D eigenvalue weighted by molar-refractivity contribution is 0.102. The van der Waals surface area contributed by atoms with E-state index in [0.717, 1.165) is 12.1 Å². The van der Waals surface area contributed by atoms with E-state index in [9.17, 15) is 13.6 Å². The van der Waals surface area contributed by atoms with Gasteiger partial charge in [0.15, 0.2) is 0 Å². The molecule has 0 aliphatic heterocycles. The van der Waals surface area contributed by atoms with Gasteiger partial charge in [0.05, 0.1) is 32.3 Å². The lowest BCUT2D eigenvalue weighted by Crippen LogP contribution is -2.15. The molecule has 0 atom stereocenters. The molecule has 0 unspecified atom stereocenters. The van der Waals surface area contributed by atoms with Gasteiger partial charge in [-0.2, -0.15) is 0 Å². The van der Waals surface area contributed by atoms with Crippen molar-refractivity contribution in [1.29, 1.82) is 0 Å². The van der Waals surface area contributed by atoms with E-state index >= 15 is 0 Å². The fourth-order valence-electron chi connectivity index (χ4n) is 2.34. The summed E-state index contributed by atoms with van der Waals surface area (Å²) in [5, 5.41) is 5.15. The standard InChI is InChI=1S/C19H16F2N4O3/c1-27-11-6-7-14(16(8-11)28-2)24-19(26)15-9-23-17(10-22-15)25-18-12(20)4-3-5-13(18)21/h3-10H,1-2H3,(H,23,25)(H,24,26). The monoisotopic (exact) mass is 386 g/mol. The third-order valence-corrected chi connectivity index (χ3v) is 3.76. The van der Waals surface area contributed by atoms with Gasteiger partial charge in [-0.05, 0) is 24.3 Å². The average Bonchev–Trinajstić information content (AvgIpc) is 2.71. The first-order valence-electron chi connectivity index (χ1n) is 8.08. The SMILES string of the molecule is COc1ccc(NC(=O)c2cnc(Nc3c(F)cccc3F)cn2)c(OC)c1. The van der Waals surface area contributed by atoms with Gasteiger partial charge in [0.2, 0.25) is 0 Å². The molecule has 0 saturated heterocycles. The van der Waals surface area contributed by atoms with Crippen LogP contribution in [0.5, 0.6) is 11.5 Å². The van der Waals surface area contributed by atoms with Gasteiger partial charge >= 0.3 is 0 Å². The fraction of sp³-hybridized carbons (Fsp3) is 0.105. The number of benzene rings is 2. The molecule has 3 aromatic rings. The molecule has 0 saturated carbocycles. The average molecular weight is 386 g/mol. The largest absolute Gasteiger partial charge is 0.497 e. The van der Waals surface area contributed by atoms with Crippen molar-refractivity contribution in [3.05, 3.63) is 66.1 Å². The van der Waals surface area contributed by atoms with Gasteiger partial charge in [-0.15, -0.1) is 0 Å². The zero-order valence-corrected chi connectivity index (χ0v) is 15.0. The van der Waals surface area contributed by atoms with E-state index in [1.165, 1.54) is 32.7 Å². The van der Waals surface area contributed by atoms with Gasteiger partial charge < -0.3 is 20.1 Å². The third kappa shape index (κ3) is 4.14. The quantitative estimate of drug-likeness (QED) is 0.671. The zero-order valence-electron chi connectivity index (χ0n) is 15.0. The maximum Gasteiger partial charge on any atom is 0.275 e.